The van der Waals surface area contributed by atoms with Crippen molar-refractivity contribution in [2.24, 2.45) is 0 Å². The molecule has 0 radical (unpaired) electrons. The van der Waals surface area contributed by atoms with Gasteiger partial charge in [-0.1, -0.05) is 6.92 Å². The number of nitrogens with zero attached hydrogens (tertiary/aromatic N) is 2. The predicted octanol–water partition coefficient (Wildman–Crippen LogP) is 2.57. The molecule has 0 amide bonds. The minimum absolute atomic E-state index is 0.139. The van der Waals surface area contributed by atoms with Gasteiger partial charge in [-0.2, -0.15) is 4.31 Å². The first kappa shape index (κ1) is 15.5. The van der Waals surface area contributed by atoms with Gasteiger partial charge in [0.05, 0.1) is 4.90 Å². The number of hydrogen-bond donors (Lipinski definition) is 0. The number of halogens is 2. The summed E-state index contributed by atoms with van der Waals surface area (Å²) < 4.78 is 52.3. The molecular weight excluding hydrogens is 298 g/mol. The van der Waals surface area contributed by atoms with Crippen molar-refractivity contribution < 1.29 is 17.2 Å². The van der Waals surface area contributed by atoms with E-state index in [4.69, 9.17) is 0 Å². The van der Waals surface area contributed by atoms with Gasteiger partial charge < -0.3 is 0 Å². The van der Waals surface area contributed by atoms with E-state index in [9.17, 15) is 17.2 Å². The van der Waals surface area contributed by atoms with Crippen LogP contribution in [0, 0.1) is 11.6 Å². The highest BCUT2D eigenvalue weighted by Crippen LogP contribution is 2.20. The summed E-state index contributed by atoms with van der Waals surface area (Å²) in [4.78, 5) is 3.59. The van der Waals surface area contributed by atoms with Crippen LogP contribution < -0.4 is 0 Å². The van der Waals surface area contributed by atoms with Crippen molar-refractivity contribution in [3.05, 3.63) is 59.9 Å². The second-order valence-corrected chi connectivity index (χ2v) is 6.30. The first-order valence-electron chi connectivity index (χ1n) is 6.29. The standard InChI is InChI=1S/C14H14F2N2O2S/c1-2-18(10-11-5-7-17-8-6-11)21(19,20)12-3-4-13(15)14(16)9-12/h3-9H,2,10H2,1H3. The molecule has 0 atom stereocenters. The Hall–Kier alpha value is -1.86. The van der Waals surface area contributed by atoms with Gasteiger partial charge in [-0.05, 0) is 35.9 Å². The minimum Gasteiger partial charge on any atom is -0.265 e. The fourth-order valence-electron chi connectivity index (χ4n) is 1.84. The van der Waals surface area contributed by atoms with Crippen molar-refractivity contribution in [2.75, 3.05) is 6.54 Å². The first-order valence-corrected chi connectivity index (χ1v) is 7.73. The van der Waals surface area contributed by atoms with Gasteiger partial charge in [0, 0.05) is 25.5 Å². The molecule has 0 fully saturated rings. The number of benzene rings is 1. The van der Waals surface area contributed by atoms with Gasteiger partial charge in [0.25, 0.3) is 0 Å². The zero-order valence-corrected chi connectivity index (χ0v) is 12.1. The Morgan fingerprint density at radius 1 is 1.10 bits per heavy atom. The Balaban J connectivity index is 2.33. The van der Waals surface area contributed by atoms with Gasteiger partial charge in [-0.25, -0.2) is 17.2 Å². The van der Waals surface area contributed by atoms with Gasteiger partial charge in [0.1, 0.15) is 0 Å². The van der Waals surface area contributed by atoms with E-state index in [-0.39, 0.29) is 18.0 Å². The molecule has 1 heterocycles. The van der Waals surface area contributed by atoms with E-state index in [0.29, 0.717) is 6.07 Å². The number of hydrogen-bond acceptors (Lipinski definition) is 3. The summed E-state index contributed by atoms with van der Waals surface area (Å²) in [6.07, 6.45) is 3.13. The van der Waals surface area contributed by atoms with E-state index in [1.165, 1.54) is 4.31 Å². The zero-order chi connectivity index (χ0) is 15.5. The van der Waals surface area contributed by atoms with Crippen LogP contribution in [0.15, 0.2) is 47.6 Å². The lowest BCUT2D eigenvalue weighted by molar-refractivity contribution is 0.422. The molecule has 21 heavy (non-hydrogen) atoms. The number of sulfonamides is 1. The summed E-state index contributed by atoms with van der Waals surface area (Å²) >= 11 is 0. The van der Waals surface area contributed by atoms with Gasteiger partial charge in [-0.15, -0.1) is 0 Å². The molecule has 0 N–H and O–H groups in total. The average Bonchev–Trinajstić information content (AvgIpc) is 2.48. The van der Waals surface area contributed by atoms with Crippen LogP contribution >= 0.6 is 0 Å². The van der Waals surface area contributed by atoms with Gasteiger partial charge >= 0.3 is 0 Å². The molecule has 0 saturated heterocycles. The normalized spacial score (nSPS) is 11.8. The van der Waals surface area contributed by atoms with Crippen LogP contribution in [0.1, 0.15) is 12.5 Å². The van der Waals surface area contributed by atoms with Crippen LogP contribution in [0.2, 0.25) is 0 Å². The Labute approximate surface area is 122 Å². The maximum Gasteiger partial charge on any atom is 0.243 e. The lowest BCUT2D eigenvalue weighted by Gasteiger charge is -2.20. The third-order valence-corrected chi connectivity index (χ3v) is 4.91. The maximum absolute atomic E-state index is 13.2. The fourth-order valence-corrected chi connectivity index (χ4v) is 3.29. The largest absolute Gasteiger partial charge is 0.265 e. The number of pyridine rings is 1. The van der Waals surface area contributed by atoms with Crippen molar-refractivity contribution in [3.8, 4) is 0 Å². The Bertz CT molecular complexity index is 721. The number of rotatable bonds is 5. The highest BCUT2D eigenvalue weighted by atomic mass is 32.2. The molecule has 7 heteroatoms. The summed E-state index contributed by atoms with van der Waals surface area (Å²) in [6.45, 7) is 2.03. The number of aromatic nitrogens is 1. The van der Waals surface area contributed by atoms with Crippen LogP contribution in [-0.2, 0) is 16.6 Å². The molecule has 0 aliphatic carbocycles. The molecule has 1 aromatic heterocycles. The van der Waals surface area contributed by atoms with Crippen molar-refractivity contribution in [3.63, 3.8) is 0 Å². The Kier molecular flexibility index (Phi) is 4.64. The predicted molar refractivity (Wildman–Crippen MR) is 73.9 cm³/mol. The minimum atomic E-state index is -3.88. The van der Waals surface area contributed by atoms with Crippen LogP contribution in [0.4, 0.5) is 8.78 Å². The molecule has 1 aromatic carbocycles. The summed E-state index contributed by atoms with van der Waals surface area (Å²) in [5, 5.41) is 0. The lowest BCUT2D eigenvalue weighted by Crippen LogP contribution is -2.30. The second-order valence-electron chi connectivity index (χ2n) is 4.36. The smallest absolute Gasteiger partial charge is 0.243 e. The molecule has 0 bridgehead atoms. The third kappa shape index (κ3) is 3.43. The van der Waals surface area contributed by atoms with E-state index in [0.717, 1.165) is 17.7 Å². The molecule has 0 spiro atoms. The van der Waals surface area contributed by atoms with Crippen LogP contribution in [0.25, 0.3) is 0 Å². The molecule has 112 valence electrons. The molecule has 2 aromatic rings. The van der Waals surface area contributed by atoms with Gasteiger partial charge in [-0.3, -0.25) is 4.98 Å². The first-order chi connectivity index (χ1) is 9.95. The van der Waals surface area contributed by atoms with Crippen molar-refractivity contribution in [2.45, 2.75) is 18.4 Å². The monoisotopic (exact) mass is 312 g/mol. The van der Waals surface area contributed by atoms with Gasteiger partial charge in [0.15, 0.2) is 11.6 Å². The second kappa shape index (κ2) is 6.28. The van der Waals surface area contributed by atoms with Crippen LogP contribution in [0.3, 0.4) is 0 Å². The van der Waals surface area contributed by atoms with Crippen molar-refractivity contribution in [1.29, 1.82) is 0 Å². The van der Waals surface area contributed by atoms with Crippen LogP contribution in [-0.4, -0.2) is 24.3 Å². The maximum atomic E-state index is 13.2. The summed E-state index contributed by atoms with van der Waals surface area (Å²) in [6, 6.07) is 5.96. The van der Waals surface area contributed by atoms with Gasteiger partial charge in [0.2, 0.25) is 10.0 Å². The Morgan fingerprint density at radius 2 is 1.76 bits per heavy atom. The van der Waals surface area contributed by atoms with E-state index in [1.807, 2.05) is 0 Å². The highest BCUT2D eigenvalue weighted by Gasteiger charge is 2.24. The third-order valence-electron chi connectivity index (χ3n) is 2.99. The average molecular weight is 312 g/mol. The van der Waals surface area contributed by atoms with Crippen molar-refractivity contribution >= 4 is 10.0 Å². The fraction of sp³-hybridized carbons (Fsp3) is 0.214. The topological polar surface area (TPSA) is 50.3 Å². The quantitative estimate of drug-likeness (QED) is 0.852. The molecule has 4 nitrogen and oxygen atoms in total. The summed E-state index contributed by atoms with van der Waals surface area (Å²) in [5.41, 5.74) is 0.762. The molecule has 0 aliphatic rings. The molecule has 0 unspecified atom stereocenters. The van der Waals surface area contributed by atoms with E-state index in [2.05, 4.69) is 4.98 Å². The lowest BCUT2D eigenvalue weighted by atomic mass is 10.3. The van der Waals surface area contributed by atoms with E-state index >= 15 is 0 Å². The zero-order valence-electron chi connectivity index (χ0n) is 11.3. The van der Waals surface area contributed by atoms with Crippen molar-refractivity contribution in [1.82, 2.24) is 9.29 Å². The van der Waals surface area contributed by atoms with E-state index in [1.54, 1.807) is 31.5 Å². The molecule has 0 saturated carbocycles. The summed E-state index contributed by atoms with van der Waals surface area (Å²) in [5.74, 6) is -2.26. The SMILES string of the molecule is CCN(Cc1ccncc1)S(=O)(=O)c1ccc(F)c(F)c1. The van der Waals surface area contributed by atoms with Crippen LogP contribution in [0.5, 0.6) is 0 Å². The molecular formula is C14H14F2N2O2S. The molecule has 2 rings (SSSR count). The highest BCUT2D eigenvalue weighted by molar-refractivity contribution is 7.89. The van der Waals surface area contributed by atoms with E-state index < -0.39 is 21.7 Å². The summed E-state index contributed by atoms with van der Waals surface area (Å²) in [7, 11) is -3.88. The Morgan fingerprint density at radius 3 is 2.33 bits per heavy atom. The molecule has 0 aliphatic heterocycles.